The number of rotatable bonds is 4. The molecule has 2 amide bonds. The Hall–Kier alpha value is -0.770. The number of amides is 2. The molecule has 4 heteroatoms. The van der Waals surface area contributed by atoms with Crippen molar-refractivity contribution in [2.45, 2.75) is 32.8 Å². The lowest BCUT2D eigenvalue weighted by atomic mass is 10.2. The third-order valence-corrected chi connectivity index (χ3v) is 2.56. The fraction of sp³-hybridized carbons (Fsp3) is 0.900. The maximum absolute atomic E-state index is 11.5. The quantitative estimate of drug-likeness (QED) is 0.741. The van der Waals surface area contributed by atoms with Gasteiger partial charge >= 0.3 is 6.03 Å². The van der Waals surface area contributed by atoms with Crippen LogP contribution in [0.1, 0.15) is 26.7 Å². The van der Waals surface area contributed by atoms with Crippen LogP contribution < -0.4 is 5.32 Å². The van der Waals surface area contributed by atoms with E-state index in [-0.39, 0.29) is 12.1 Å². The second-order valence-corrected chi connectivity index (χ2v) is 3.49. The second-order valence-electron chi connectivity index (χ2n) is 3.49. The molecule has 0 aromatic heterocycles. The molecule has 1 atom stereocenters. The van der Waals surface area contributed by atoms with Crippen molar-refractivity contribution in [1.29, 1.82) is 0 Å². The molecule has 82 valence electrons. The van der Waals surface area contributed by atoms with Gasteiger partial charge in [0.15, 0.2) is 0 Å². The van der Waals surface area contributed by atoms with E-state index in [4.69, 9.17) is 4.74 Å². The summed E-state index contributed by atoms with van der Waals surface area (Å²) in [6.07, 6.45) is 2.42. The highest BCUT2D eigenvalue weighted by Gasteiger charge is 2.17. The Bertz CT molecular complexity index is 175. The van der Waals surface area contributed by atoms with E-state index < -0.39 is 0 Å². The van der Waals surface area contributed by atoms with Crippen molar-refractivity contribution in [2.75, 3.05) is 26.2 Å². The lowest BCUT2D eigenvalue weighted by molar-refractivity contribution is 0.109. The molecule has 4 nitrogen and oxygen atoms in total. The van der Waals surface area contributed by atoms with Crippen LogP contribution in [0.4, 0.5) is 4.79 Å². The van der Waals surface area contributed by atoms with Gasteiger partial charge in [0, 0.05) is 26.2 Å². The Labute approximate surface area is 85.6 Å². The molecule has 0 saturated carbocycles. The Morgan fingerprint density at radius 2 is 2.21 bits per heavy atom. The van der Waals surface area contributed by atoms with Gasteiger partial charge in [0.2, 0.25) is 0 Å². The van der Waals surface area contributed by atoms with E-state index in [1.165, 1.54) is 0 Å². The summed E-state index contributed by atoms with van der Waals surface area (Å²) in [6, 6.07) is 0.0190. The first kappa shape index (κ1) is 11.3. The molecule has 1 aliphatic heterocycles. The highest BCUT2D eigenvalue weighted by molar-refractivity contribution is 5.74. The molecule has 1 rings (SSSR count). The van der Waals surface area contributed by atoms with Crippen molar-refractivity contribution >= 4 is 6.03 Å². The average molecular weight is 200 g/mol. The molecule has 1 unspecified atom stereocenters. The van der Waals surface area contributed by atoms with Crippen LogP contribution in [0.2, 0.25) is 0 Å². The van der Waals surface area contributed by atoms with Gasteiger partial charge in [0.1, 0.15) is 0 Å². The van der Waals surface area contributed by atoms with Crippen molar-refractivity contribution in [3.8, 4) is 0 Å². The molecule has 14 heavy (non-hydrogen) atoms. The summed E-state index contributed by atoms with van der Waals surface area (Å²) in [5.41, 5.74) is 0. The van der Waals surface area contributed by atoms with Gasteiger partial charge in [-0.3, -0.25) is 0 Å². The number of carbonyl (C=O) groups excluding carboxylic acids is 1. The zero-order valence-electron chi connectivity index (χ0n) is 9.08. The van der Waals surface area contributed by atoms with Crippen LogP contribution in [0.25, 0.3) is 0 Å². The maximum Gasteiger partial charge on any atom is 0.317 e. The number of nitrogens with one attached hydrogen (secondary N) is 1. The van der Waals surface area contributed by atoms with E-state index in [1.807, 2.05) is 13.8 Å². The third kappa shape index (κ3) is 3.18. The molecule has 0 aromatic carbocycles. The lowest BCUT2D eigenvalue weighted by Gasteiger charge is -2.20. The van der Waals surface area contributed by atoms with Gasteiger partial charge in [-0.2, -0.15) is 0 Å². The van der Waals surface area contributed by atoms with E-state index in [0.717, 1.165) is 32.5 Å². The van der Waals surface area contributed by atoms with Gasteiger partial charge in [0.25, 0.3) is 0 Å². The van der Waals surface area contributed by atoms with Gasteiger partial charge in [-0.25, -0.2) is 4.79 Å². The number of carbonyl (C=O) groups is 1. The first-order chi connectivity index (χ1) is 6.77. The van der Waals surface area contributed by atoms with E-state index in [9.17, 15) is 4.79 Å². The van der Waals surface area contributed by atoms with Gasteiger partial charge < -0.3 is 15.0 Å². The second kappa shape index (κ2) is 5.86. The molecule has 1 heterocycles. The van der Waals surface area contributed by atoms with Crippen molar-refractivity contribution in [3.05, 3.63) is 0 Å². The summed E-state index contributed by atoms with van der Waals surface area (Å²) in [5, 5.41) is 2.89. The molecule has 0 spiro atoms. The Kier molecular flexibility index (Phi) is 4.73. The standard InChI is InChI=1S/C10H20N2O2/c1-3-12(4-2)10(13)11-8-9-6-5-7-14-9/h9H,3-8H2,1-2H3,(H,11,13). The normalized spacial score (nSPS) is 20.9. The van der Waals surface area contributed by atoms with Crippen LogP contribution >= 0.6 is 0 Å². The molecule has 1 fully saturated rings. The minimum Gasteiger partial charge on any atom is -0.376 e. The van der Waals surface area contributed by atoms with Crippen LogP contribution in [-0.4, -0.2) is 43.3 Å². The number of ether oxygens (including phenoxy) is 1. The number of nitrogens with zero attached hydrogens (tertiary/aromatic N) is 1. The topological polar surface area (TPSA) is 41.6 Å². The molecular weight excluding hydrogens is 180 g/mol. The summed E-state index contributed by atoms with van der Waals surface area (Å²) < 4.78 is 5.42. The van der Waals surface area contributed by atoms with Crippen LogP contribution in [0.3, 0.4) is 0 Å². The van der Waals surface area contributed by atoms with Gasteiger partial charge in [-0.1, -0.05) is 0 Å². The Balaban J connectivity index is 2.18. The predicted molar refractivity (Wildman–Crippen MR) is 55.3 cm³/mol. The molecule has 0 radical (unpaired) electrons. The zero-order valence-corrected chi connectivity index (χ0v) is 9.08. The third-order valence-electron chi connectivity index (χ3n) is 2.56. The monoisotopic (exact) mass is 200 g/mol. The molecule has 0 aromatic rings. The van der Waals surface area contributed by atoms with Crippen molar-refractivity contribution < 1.29 is 9.53 Å². The van der Waals surface area contributed by atoms with Crippen molar-refractivity contribution in [1.82, 2.24) is 10.2 Å². The number of hydrogen-bond donors (Lipinski definition) is 1. The Morgan fingerprint density at radius 1 is 1.50 bits per heavy atom. The maximum atomic E-state index is 11.5. The molecule has 0 bridgehead atoms. The highest BCUT2D eigenvalue weighted by atomic mass is 16.5. The van der Waals surface area contributed by atoms with Crippen molar-refractivity contribution in [3.63, 3.8) is 0 Å². The molecule has 1 aliphatic rings. The summed E-state index contributed by atoms with van der Waals surface area (Å²) in [4.78, 5) is 13.3. The van der Waals surface area contributed by atoms with E-state index in [2.05, 4.69) is 5.32 Å². The number of urea groups is 1. The minimum absolute atomic E-state index is 0.0190. The van der Waals surface area contributed by atoms with E-state index in [0.29, 0.717) is 6.54 Å². The summed E-state index contributed by atoms with van der Waals surface area (Å²) in [6.45, 7) is 6.97. The molecule has 0 aliphatic carbocycles. The summed E-state index contributed by atoms with van der Waals surface area (Å²) in [7, 11) is 0. The van der Waals surface area contributed by atoms with Crippen LogP contribution in [-0.2, 0) is 4.74 Å². The van der Waals surface area contributed by atoms with Crippen LogP contribution in [0, 0.1) is 0 Å². The van der Waals surface area contributed by atoms with E-state index in [1.54, 1.807) is 4.90 Å². The molecular formula is C10H20N2O2. The van der Waals surface area contributed by atoms with Gasteiger partial charge in [0.05, 0.1) is 6.10 Å². The number of hydrogen-bond acceptors (Lipinski definition) is 2. The van der Waals surface area contributed by atoms with E-state index >= 15 is 0 Å². The van der Waals surface area contributed by atoms with Crippen LogP contribution in [0.15, 0.2) is 0 Å². The highest BCUT2D eigenvalue weighted by Crippen LogP contribution is 2.10. The summed E-state index contributed by atoms with van der Waals surface area (Å²) in [5.74, 6) is 0. The van der Waals surface area contributed by atoms with Crippen molar-refractivity contribution in [2.24, 2.45) is 0 Å². The average Bonchev–Trinajstić information content (AvgIpc) is 2.69. The smallest absolute Gasteiger partial charge is 0.317 e. The minimum atomic E-state index is 0.0190. The fourth-order valence-corrected chi connectivity index (χ4v) is 1.63. The summed E-state index contributed by atoms with van der Waals surface area (Å²) >= 11 is 0. The van der Waals surface area contributed by atoms with Gasteiger partial charge in [-0.05, 0) is 26.7 Å². The lowest BCUT2D eigenvalue weighted by Crippen LogP contribution is -2.42. The zero-order chi connectivity index (χ0) is 10.4. The first-order valence-electron chi connectivity index (χ1n) is 5.42. The SMILES string of the molecule is CCN(CC)C(=O)NCC1CCCO1. The fourth-order valence-electron chi connectivity index (χ4n) is 1.63. The Morgan fingerprint density at radius 3 is 2.71 bits per heavy atom. The first-order valence-corrected chi connectivity index (χ1v) is 5.42. The van der Waals surface area contributed by atoms with Crippen LogP contribution in [0.5, 0.6) is 0 Å². The molecule has 1 saturated heterocycles. The largest absolute Gasteiger partial charge is 0.376 e. The molecule has 1 N–H and O–H groups in total. The van der Waals surface area contributed by atoms with Gasteiger partial charge in [-0.15, -0.1) is 0 Å². The predicted octanol–water partition coefficient (Wildman–Crippen LogP) is 1.22.